The maximum absolute atomic E-state index is 10.5. The van der Waals surface area contributed by atoms with Crippen molar-refractivity contribution in [1.29, 1.82) is 0 Å². The van der Waals surface area contributed by atoms with E-state index in [0.717, 1.165) is 0 Å². The zero-order valence-corrected chi connectivity index (χ0v) is 6.05. The number of primary amides is 1. The fourth-order valence-electron chi connectivity index (χ4n) is 0.431. The SMILES string of the molecule is CC[C@](C)(C(N)=O)C(=O)O. The molecule has 0 saturated carbocycles. The molecule has 10 heavy (non-hydrogen) atoms. The van der Waals surface area contributed by atoms with Gasteiger partial charge in [-0.3, -0.25) is 9.59 Å². The van der Waals surface area contributed by atoms with E-state index in [2.05, 4.69) is 0 Å². The molecule has 0 fully saturated rings. The van der Waals surface area contributed by atoms with Gasteiger partial charge in [-0.25, -0.2) is 0 Å². The minimum absolute atomic E-state index is 0.220. The van der Waals surface area contributed by atoms with Crippen LogP contribution in [0.15, 0.2) is 0 Å². The normalized spacial score (nSPS) is 15.8. The summed E-state index contributed by atoms with van der Waals surface area (Å²) in [5.74, 6) is -1.95. The maximum Gasteiger partial charge on any atom is 0.318 e. The molecule has 1 atom stereocenters. The molecule has 0 unspecified atom stereocenters. The lowest BCUT2D eigenvalue weighted by Gasteiger charge is -2.17. The Hall–Kier alpha value is -1.06. The number of hydrogen-bond acceptors (Lipinski definition) is 2. The Labute approximate surface area is 59.0 Å². The van der Waals surface area contributed by atoms with Gasteiger partial charge in [-0.15, -0.1) is 0 Å². The van der Waals surface area contributed by atoms with Gasteiger partial charge < -0.3 is 10.8 Å². The molecule has 0 aromatic rings. The first-order chi connectivity index (χ1) is 4.45. The highest BCUT2D eigenvalue weighted by Gasteiger charge is 2.37. The molecule has 0 radical (unpaired) electrons. The highest BCUT2D eigenvalue weighted by Crippen LogP contribution is 2.19. The molecule has 0 rings (SSSR count). The molecule has 58 valence electrons. The molecular formula is C6H11NO3. The van der Waals surface area contributed by atoms with Gasteiger partial charge in [0, 0.05) is 0 Å². The van der Waals surface area contributed by atoms with Crippen LogP contribution in [0.4, 0.5) is 0 Å². The van der Waals surface area contributed by atoms with E-state index in [0.29, 0.717) is 0 Å². The number of carboxylic acid groups (broad SMARTS) is 1. The molecule has 0 aliphatic heterocycles. The summed E-state index contributed by atoms with van der Waals surface area (Å²) in [5.41, 5.74) is 3.46. The number of aliphatic carboxylic acids is 1. The van der Waals surface area contributed by atoms with E-state index in [1.54, 1.807) is 6.92 Å². The molecule has 0 aliphatic rings. The van der Waals surface area contributed by atoms with E-state index in [9.17, 15) is 9.59 Å². The van der Waals surface area contributed by atoms with Crippen LogP contribution in [-0.2, 0) is 9.59 Å². The van der Waals surface area contributed by atoms with Crippen LogP contribution in [0.1, 0.15) is 20.3 Å². The molecule has 3 N–H and O–H groups in total. The van der Waals surface area contributed by atoms with Crippen molar-refractivity contribution in [2.45, 2.75) is 20.3 Å². The number of amides is 1. The van der Waals surface area contributed by atoms with Crippen molar-refractivity contribution in [2.75, 3.05) is 0 Å². The number of carboxylic acids is 1. The second-order valence-electron chi connectivity index (χ2n) is 2.36. The van der Waals surface area contributed by atoms with Crippen LogP contribution in [-0.4, -0.2) is 17.0 Å². The van der Waals surface area contributed by atoms with Gasteiger partial charge in [0.05, 0.1) is 0 Å². The second-order valence-corrected chi connectivity index (χ2v) is 2.36. The van der Waals surface area contributed by atoms with E-state index in [4.69, 9.17) is 10.8 Å². The second kappa shape index (κ2) is 2.68. The van der Waals surface area contributed by atoms with Crippen LogP contribution >= 0.6 is 0 Å². The van der Waals surface area contributed by atoms with Crippen LogP contribution in [0.2, 0.25) is 0 Å². The minimum Gasteiger partial charge on any atom is -0.480 e. The number of carbonyl (C=O) groups is 2. The summed E-state index contributed by atoms with van der Waals surface area (Å²) in [6.07, 6.45) is 0.220. The van der Waals surface area contributed by atoms with Crippen LogP contribution in [0.5, 0.6) is 0 Å². The standard InChI is InChI=1S/C6H11NO3/c1-3-6(2,4(7)8)5(9)10/h3H2,1-2H3,(H2,7,8)(H,9,10)/t6-/m1/s1. The van der Waals surface area contributed by atoms with Crippen LogP contribution in [0.25, 0.3) is 0 Å². The number of nitrogens with two attached hydrogens (primary N) is 1. The lowest BCUT2D eigenvalue weighted by atomic mass is 9.87. The fraction of sp³-hybridized carbons (Fsp3) is 0.667. The first kappa shape index (κ1) is 8.94. The minimum atomic E-state index is -1.40. The molecule has 0 heterocycles. The van der Waals surface area contributed by atoms with Crippen molar-refractivity contribution < 1.29 is 14.7 Å². The Morgan fingerprint density at radius 1 is 1.60 bits per heavy atom. The van der Waals surface area contributed by atoms with Gasteiger partial charge in [0.25, 0.3) is 0 Å². The zero-order chi connectivity index (χ0) is 8.36. The van der Waals surface area contributed by atoms with Crippen LogP contribution in [0.3, 0.4) is 0 Å². The monoisotopic (exact) mass is 145 g/mol. The van der Waals surface area contributed by atoms with Crippen LogP contribution in [0, 0.1) is 5.41 Å². The summed E-state index contributed by atoms with van der Waals surface area (Å²) in [7, 11) is 0. The predicted molar refractivity (Wildman–Crippen MR) is 35.2 cm³/mol. The average Bonchev–Trinajstić information content (AvgIpc) is 1.85. The zero-order valence-electron chi connectivity index (χ0n) is 6.05. The van der Waals surface area contributed by atoms with Gasteiger partial charge >= 0.3 is 5.97 Å². The summed E-state index contributed by atoms with van der Waals surface area (Å²) in [4.78, 5) is 20.9. The van der Waals surface area contributed by atoms with E-state index >= 15 is 0 Å². The molecule has 0 aromatic heterocycles. The molecule has 0 saturated heterocycles. The van der Waals surface area contributed by atoms with Crippen molar-refractivity contribution in [2.24, 2.45) is 11.1 Å². The molecule has 0 aliphatic carbocycles. The molecule has 4 nitrogen and oxygen atoms in total. The van der Waals surface area contributed by atoms with E-state index < -0.39 is 17.3 Å². The smallest absolute Gasteiger partial charge is 0.318 e. The molecule has 0 aromatic carbocycles. The summed E-state index contributed by atoms with van der Waals surface area (Å²) < 4.78 is 0. The van der Waals surface area contributed by atoms with Crippen LogP contribution < -0.4 is 5.73 Å². The van der Waals surface area contributed by atoms with Crippen molar-refractivity contribution in [3.05, 3.63) is 0 Å². The Morgan fingerprint density at radius 3 is 2.00 bits per heavy atom. The van der Waals surface area contributed by atoms with Crippen molar-refractivity contribution in [3.63, 3.8) is 0 Å². The molecule has 0 spiro atoms. The third kappa shape index (κ3) is 1.26. The van der Waals surface area contributed by atoms with Gasteiger partial charge in [0.1, 0.15) is 5.41 Å². The Morgan fingerprint density at radius 2 is 2.00 bits per heavy atom. The Kier molecular flexibility index (Phi) is 2.40. The average molecular weight is 145 g/mol. The third-order valence-electron chi connectivity index (χ3n) is 1.72. The summed E-state index contributed by atoms with van der Waals surface area (Å²) >= 11 is 0. The summed E-state index contributed by atoms with van der Waals surface area (Å²) in [6.45, 7) is 2.93. The lowest BCUT2D eigenvalue weighted by Crippen LogP contribution is -2.40. The largest absolute Gasteiger partial charge is 0.480 e. The highest BCUT2D eigenvalue weighted by atomic mass is 16.4. The molecule has 0 bridgehead atoms. The maximum atomic E-state index is 10.5. The van der Waals surface area contributed by atoms with E-state index in [1.165, 1.54) is 6.92 Å². The first-order valence-electron chi connectivity index (χ1n) is 2.98. The van der Waals surface area contributed by atoms with Gasteiger partial charge in [0.15, 0.2) is 0 Å². The summed E-state index contributed by atoms with van der Waals surface area (Å²) in [5, 5.41) is 8.50. The Bertz CT molecular complexity index is 150. The van der Waals surface area contributed by atoms with Crippen molar-refractivity contribution in [1.82, 2.24) is 0 Å². The summed E-state index contributed by atoms with van der Waals surface area (Å²) in [6, 6.07) is 0. The van der Waals surface area contributed by atoms with Gasteiger partial charge in [0.2, 0.25) is 5.91 Å². The molecule has 1 amide bonds. The third-order valence-corrected chi connectivity index (χ3v) is 1.72. The Balaban J connectivity index is 4.55. The lowest BCUT2D eigenvalue weighted by molar-refractivity contribution is -0.153. The fourth-order valence-corrected chi connectivity index (χ4v) is 0.431. The number of hydrogen-bond donors (Lipinski definition) is 2. The van der Waals surface area contributed by atoms with Crippen molar-refractivity contribution in [3.8, 4) is 0 Å². The highest BCUT2D eigenvalue weighted by molar-refractivity contribution is 6.00. The molecular weight excluding hydrogens is 134 g/mol. The van der Waals surface area contributed by atoms with Gasteiger partial charge in [-0.2, -0.15) is 0 Å². The topological polar surface area (TPSA) is 80.4 Å². The number of carbonyl (C=O) groups excluding carboxylic acids is 1. The number of rotatable bonds is 3. The first-order valence-corrected chi connectivity index (χ1v) is 2.98. The predicted octanol–water partition coefficient (Wildman–Crippen LogP) is -0.0274. The van der Waals surface area contributed by atoms with Crippen molar-refractivity contribution >= 4 is 11.9 Å². The van der Waals surface area contributed by atoms with E-state index in [1.807, 2.05) is 0 Å². The molecule has 4 heteroatoms. The van der Waals surface area contributed by atoms with E-state index in [-0.39, 0.29) is 6.42 Å². The van der Waals surface area contributed by atoms with Gasteiger partial charge in [-0.1, -0.05) is 6.92 Å². The quantitative estimate of drug-likeness (QED) is 0.547. The van der Waals surface area contributed by atoms with Gasteiger partial charge in [-0.05, 0) is 13.3 Å².